The number of likely N-dealkylation sites (N-methyl/N-ethyl adjacent to an activating group) is 1. The molecule has 1 aromatic heterocycles. The first-order valence-electron chi connectivity index (χ1n) is 12.6. The highest BCUT2D eigenvalue weighted by molar-refractivity contribution is 7.18. The molecule has 1 aromatic rings. The minimum atomic E-state index is -0.0562. The summed E-state index contributed by atoms with van der Waals surface area (Å²) in [5, 5.41) is 3.64. The van der Waals surface area contributed by atoms with Gasteiger partial charge in [0, 0.05) is 37.2 Å². The van der Waals surface area contributed by atoms with Gasteiger partial charge < -0.3 is 15.1 Å². The summed E-state index contributed by atoms with van der Waals surface area (Å²) in [6, 6.07) is 0.367. The molecule has 0 aromatic carbocycles. The number of hydrogen-bond donors (Lipinski definition) is 1. The molecule has 1 saturated heterocycles. The van der Waals surface area contributed by atoms with Crippen molar-refractivity contribution in [3.05, 3.63) is 22.3 Å². The third kappa shape index (κ3) is 5.77. The van der Waals surface area contributed by atoms with Gasteiger partial charge in [0.1, 0.15) is 5.71 Å². The van der Waals surface area contributed by atoms with Crippen molar-refractivity contribution in [2.45, 2.75) is 72.3 Å². The Balaban J connectivity index is 1.58. The van der Waals surface area contributed by atoms with Crippen molar-refractivity contribution in [2.75, 3.05) is 32.5 Å². The minimum absolute atomic E-state index is 0.0343. The number of thiazole rings is 1. The van der Waals surface area contributed by atoms with Crippen LogP contribution in [-0.2, 0) is 16.0 Å². The molecule has 2 aliphatic heterocycles. The Morgan fingerprint density at radius 2 is 1.85 bits per heavy atom. The molecule has 8 heteroatoms. The number of allylic oxidation sites excluding steroid dienone is 2. The van der Waals surface area contributed by atoms with Gasteiger partial charge in [-0.3, -0.25) is 9.59 Å². The first-order chi connectivity index (χ1) is 16.0. The van der Waals surface area contributed by atoms with E-state index in [0.29, 0.717) is 35.8 Å². The summed E-state index contributed by atoms with van der Waals surface area (Å²) in [4.78, 5) is 41.0. The quantitative estimate of drug-likeness (QED) is 0.688. The maximum atomic E-state index is 13.6. The molecule has 3 heterocycles. The zero-order valence-electron chi connectivity index (χ0n) is 21.5. The van der Waals surface area contributed by atoms with Gasteiger partial charge >= 0.3 is 0 Å². The Morgan fingerprint density at radius 3 is 2.47 bits per heavy atom. The van der Waals surface area contributed by atoms with E-state index in [1.54, 1.807) is 0 Å². The van der Waals surface area contributed by atoms with Crippen LogP contribution in [0.1, 0.15) is 70.4 Å². The van der Waals surface area contributed by atoms with Crippen LogP contribution in [0.15, 0.2) is 16.8 Å². The van der Waals surface area contributed by atoms with Crippen LogP contribution in [0.25, 0.3) is 0 Å². The molecule has 0 spiro atoms. The van der Waals surface area contributed by atoms with Crippen LogP contribution in [0.4, 0.5) is 5.13 Å². The summed E-state index contributed by atoms with van der Waals surface area (Å²) in [5.74, 6) is 0.775. The van der Waals surface area contributed by atoms with E-state index in [9.17, 15) is 9.59 Å². The van der Waals surface area contributed by atoms with Gasteiger partial charge in [-0.25, -0.2) is 9.98 Å². The summed E-state index contributed by atoms with van der Waals surface area (Å²) < 4.78 is 0. The monoisotopic (exact) mass is 485 g/mol. The smallest absolute Gasteiger partial charge is 0.274 e. The van der Waals surface area contributed by atoms with Crippen LogP contribution >= 0.6 is 11.3 Å². The number of rotatable bonds is 4. The van der Waals surface area contributed by atoms with Crippen molar-refractivity contribution in [2.24, 2.45) is 22.2 Å². The zero-order chi connectivity index (χ0) is 24.6. The molecule has 0 unspecified atom stereocenters. The lowest BCUT2D eigenvalue weighted by molar-refractivity contribution is -0.123. The molecule has 3 aliphatic rings. The third-order valence-electron chi connectivity index (χ3n) is 7.12. The standard InChI is InChI=1S/C26H39N5O2S/c1-16-7-9-17(10-8-16)23(32)29-25-28-20-13-18(14-26(2,3)4)27-21(22(20)34-25)24(33)31-12-11-19(15-31)30(5)6/h14,16-17,19H,7-13,15H2,1-6H3,(H,28,29,32)/b18-14-/t16?,17?,19-/m1/s1. The van der Waals surface area contributed by atoms with E-state index < -0.39 is 0 Å². The average molecular weight is 486 g/mol. The third-order valence-corrected chi connectivity index (χ3v) is 8.14. The van der Waals surface area contributed by atoms with Crippen molar-refractivity contribution in [1.29, 1.82) is 0 Å². The number of carbonyl (C=O) groups is 2. The number of nitrogens with zero attached hydrogens (tertiary/aromatic N) is 4. The fourth-order valence-electron chi connectivity index (χ4n) is 5.07. The van der Waals surface area contributed by atoms with Gasteiger partial charge in [-0.15, -0.1) is 0 Å². The minimum Gasteiger partial charge on any atom is -0.336 e. The van der Waals surface area contributed by atoms with E-state index in [0.717, 1.165) is 54.9 Å². The van der Waals surface area contributed by atoms with E-state index in [2.05, 4.69) is 58.1 Å². The van der Waals surface area contributed by atoms with Gasteiger partial charge in [0.05, 0.1) is 10.6 Å². The molecule has 1 saturated carbocycles. The zero-order valence-corrected chi connectivity index (χ0v) is 22.3. The van der Waals surface area contributed by atoms with Gasteiger partial charge in [-0.05, 0) is 57.5 Å². The molecule has 2 fully saturated rings. The van der Waals surface area contributed by atoms with Crippen LogP contribution in [0.3, 0.4) is 0 Å². The predicted molar refractivity (Wildman–Crippen MR) is 138 cm³/mol. The van der Waals surface area contributed by atoms with Crippen LogP contribution in [0, 0.1) is 17.3 Å². The average Bonchev–Trinajstić information content (AvgIpc) is 3.39. The number of nitrogens with one attached hydrogen (secondary N) is 1. The fourth-order valence-corrected chi connectivity index (χ4v) is 6.04. The van der Waals surface area contributed by atoms with Crippen LogP contribution in [0.5, 0.6) is 0 Å². The predicted octanol–water partition coefficient (Wildman–Crippen LogP) is 4.35. The summed E-state index contributed by atoms with van der Waals surface area (Å²) in [6.07, 6.45) is 7.74. The largest absolute Gasteiger partial charge is 0.336 e. The Labute approximate surface area is 207 Å². The van der Waals surface area contributed by atoms with E-state index in [1.807, 2.05) is 4.90 Å². The van der Waals surface area contributed by atoms with E-state index in [-0.39, 0.29) is 23.1 Å². The lowest BCUT2D eigenvalue weighted by Crippen LogP contribution is -2.39. The number of likely N-dealkylation sites (tertiary alicyclic amines) is 1. The summed E-state index contributed by atoms with van der Waals surface area (Å²) in [7, 11) is 4.12. The summed E-state index contributed by atoms with van der Waals surface area (Å²) in [5.41, 5.74) is 2.13. The highest BCUT2D eigenvalue weighted by Crippen LogP contribution is 2.34. The number of aromatic nitrogens is 1. The highest BCUT2D eigenvalue weighted by atomic mass is 32.1. The first-order valence-corrected chi connectivity index (χ1v) is 13.4. The molecule has 7 nitrogen and oxygen atoms in total. The van der Waals surface area contributed by atoms with Gasteiger partial charge in [-0.1, -0.05) is 45.1 Å². The summed E-state index contributed by atoms with van der Waals surface area (Å²) in [6.45, 7) is 10.1. The van der Waals surface area contributed by atoms with Crippen LogP contribution in [0.2, 0.25) is 0 Å². The van der Waals surface area contributed by atoms with Crippen molar-refractivity contribution < 1.29 is 9.59 Å². The second-order valence-electron chi connectivity index (χ2n) is 11.5. The lowest BCUT2D eigenvalue weighted by atomic mass is 9.82. The Kier molecular flexibility index (Phi) is 7.29. The Morgan fingerprint density at radius 1 is 1.15 bits per heavy atom. The van der Waals surface area contributed by atoms with Crippen LogP contribution in [-0.4, -0.2) is 65.5 Å². The summed E-state index contributed by atoms with van der Waals surface area (Å²) >= 11 is 1.39. The number of aliphatic imine (C=N–C) groups is 1. The van der Waals surface area contributed by atoms with Gasteiger partial charge in [-0.2, -0.15) is 0 Å². The topological polar surface area (TPSA) is 77.9 Å². The maximum absolute atomic E-state index is 13.6. The van der Waals surface area contributed by atoms with Gasteiger partial charge in [0.15, 0.2) is 5.13 Å². The van der Waals surface area contributed by atoms with E-state index in [4.69, 9.17) is 9.98 Å². The Bertz CT molecular complexity index is 995. The molecule has 1 aliphatic carbocycles. The van der Waals surface area contributed by atoms with Crippen LogP contribution < -0.4 is 5.32 Å². The molecule has 1 atom stereocenters. The molecule has 2 amide bonds. The van der Waals surface area contributed by atoms with Crippen molar-refractivity contribution >= 4 is 34.0 Å². The molecular weight excluding hydrogens is 446 g/mol. The lowest BCUT2D eigenvalue weighted by Gasteiger charge is -2.24. The van der Waals surface area contributed by atoms with Crippen molar-refractivity contribution in [1.82, 2.24) is 14.8 Å². The molecule has 4 rings (SSSR count). The number of fused-ring (bicyclic) bond motifs is 1. The molecule has 1 N–H and O–H groups in total. The molecular formula is C26H39N5O2S. The normalized spacial score (nSPS) is 26.6. The SMILES string of the molecule is CC1CCC(C(=O)Nc2nc3c(s2)C(C(=O)N2CC[C@@H](N(C)C)C2)=N/C(=C\C(C)(C)C)C3)CC1. The molecule has 0 bridgehead atoms. The molecule has 0 radical (unpaired) electrons. The molecule has 186 valence electrons. The number of amides is 2. The number of hydrogen-bond acceptors (Lipinski definition) is 6. The maximum Gasteiger partial charge on any atom is 0.274 e. The second-order valence-corrected chi connectivity index (χ2v) is 12.5. The first kappa shape index (κ1) is 25.0. The molecule has 34 heavy (non-hydrogen) atoms. The number of carbonyl (C=O) groups excluding carboxylic acids is 2. The van der Waals surface area contributed by atoms with E-state index in [1.165, 1.54) is 11.3 Å². The van der Waals surface area contributed by atoms with Gasteiger partial charge in [0.2, 0.25) is 5.91 Å². The fraction of sp³-hybridized carbons (Fsp3) is 0.692. The number of anilines is 1. The van der Waals surface area contributed by atoms with E-state index >= 15 is 0 Å². The highest BCUT2D eigenvalue weighted by Gasteiger charge is 2.35. The van der Waals surface area contributed by atoms with Crippen molar-refractivity contribution in [3.8, 4) is 0 Å². The Hall–Kier alpha value is -2.06. The second kappa shape index (κ2) is 9.90. The van der Waals surface area contributed by atoms with Gasteiger partial charge in [0.25, 0.3) is 5.91 Å². The van der Waals surface area contributed by atoms with Crippen molar-refractivity contribution in [3.63, 3.8) is 0 Å².